The maximum atomic E-state index is 12.7. The molecule has 2 heterocycles. The van der Waals surface area contributed by atoms with E-state index in [1.165, 1.54) is 0 Å². The van der Waals surface area contributed by atoms with Crippen molar-refractivity contribution >= 4 is 5.91 Å². The van der Waals surface area contributed by atoms with Crippen LogP contribution in [0.15, 0.2) is 42.5 Å². The number of aryl methyl sites for hydroxylation is 1. The monoisotopic (exact) mass is 341 g/mol. The van der Waals surface area contributed by atoms with Gasteiger partial charge in [0.05, 0.1) is 12.2 Å². The number of rotatable bonds is 5. The Bertz CT molecular complexity index is 691. The Hall–Kier alpha value is -2.63. The van der Waals surface area contributed by atoms with Crippen molar-refractivity contribution in [3.8, 4) is 11.6 Å². The quantitative estimate of drug-likeness (QED) is 0.836. The van der Waals surface area contributed by atoms with Crippen molar-refractivity contribution in [1.29, 1.82) is 0 Å². The van der Waals surface area contributed by atoms with Gasteiger partial charge in [0.2, 0.25) is 5.88 Å². The molecule has 1 aromatic heterocycles. The molecule has 25 heavy (non-hydrogen) atoms. The number of aromatic nitrogens is 2. The Balaban J connectivity index is 1.56. The number of ether oxygens (including phenoxy) is 2. The average molecular weight is 341 g/mol. The van der Waals surface area contributed by atoms with E-state index in [4.69, 9.17) is 9.47 Å². The zero-order chi connectivity index (χ0) is 17.6. The minimum absolute atomic E-state index is 0.0212. The van der Waals surface area contributed by atoms with Crippen LogP contribution in [0, 0.1) is 6.92 Å². The van der Waals surface area contributed by atoms with Crippen molar-refractivity contribution in [2.24, 2.45) is 0 Å². The fraction of sp³-hybridized carbons (Fsp3) is 0.421. The van der Waals surface area contributed by atoms with E-state index in [1.54, 1.807) is 6.92 Å². The zero-order valence-corrected chi connectivity index (χ0v) is 14.6. The summed E-state index contributed by atoms with van der Waals surface area (Å²) in [7, 11) is 0. The highest BCUT2D eigenvalue weighted by Crippen LogP contribution is 2.18. The topological polar surface area (TPSA) is 64.5 Å². The van der Waals surface area contributed by atoms with E-state index in [9.17, 15) is 4.79 Å². The van der Waals surface area contributed by atoms with Crippen LogP contribution in [0.3, 0.4) is 0 Å². The number of hydrogen-bond donors (Lipinski definition) is 0. The lowest BCUT2D eigenvalue weighted by Crippen LogP contribution is -2.48. The van der Waals surface area contributed by atoms with Crippen LogP contribution < -0.4 is 9.47 Å². The third-order valence-corrected chi connectivity index (χ3v) is 4.15. The molecule has 0 spiro atoms. The largest absolute Gasteiger partial charge is 0.481 e. The molecule has 0 N–H and O–H groups in total. The molecule has 1 aromatic carbocycles. The zero-order valence-electron chi connectivity index (χ0n) is 14.6. The first-order valence-corrected chi connectivity index (χ1v) is 8.59. The molecule has 2 atom stereocenters. The first-order chi connectivity index (χ1) is 12.1. The molecule has 6 heteroatoms. The van der Waals surface area contributed by atoms with Crippen LogP contribution in [0.2, 0.25) is 0 Å². The molecule has 1 saturated heterocycles. The van der Waals surface area contributed by atoms with E-state index >= 15 is 0 Å². The molecule has 1 aliphatic rings. The van der Waals surface area contributed by atoms with Gasteiger partial charge in [-0.1, -0.05) is 18.2 Å². The lowest BCUT2D eigenvalue weighted by Gasteiger charge is -2.34. The Kier molecular flexibility index (Phi) is 5.48. The first-order valence-electron chi connectivity index (χ1n) is 8.59. The molecule has 0 radical (unpaired) electrons. The highest BCUT2D eigenvalue weighted by molar-refractivity contribution is 5.81. The molecule has 0 aliphatic carbocycles. The van der Waals surface area contributed by atoms with E-state index in [2.05, 4.69) is 10.2 Å². The predicted octanol–water partition coefficient (Wildman–Crippen LogP) is 2.62. The Morgan fingerprint density at radius 1 is 1.20 bits per heavy atom. The van der Waals surface area contributed by atoms with Gasteiger partial charge >= 0.3 is 0 Å². The number of likely N-dealkylation sites (tertiary alicyclic amines) is 1. The summed E-state index contributed by atoms with van der Waals surface area (Å²) in [4.78, 5) is 14.5. The number of nitrogens with zero attached hydrogens (tertiary/aromatic N) is 3. The molecular weight excluding hydrogens is 318 g/mol. The van der Waals surface area contributed by atoms with Crippen LogP contribution >= 0.6 is 0 Å². The van der Waals surface area contributed by atoms with Crippen LogP contribution in [0.25, 0.3) is 0 Å². The van der Waals surface area contributed by atoms with E-state index in [1.807, 2.05) is 54.3 Å². The van der Waals surface area contributed by atoms with E-state index in [0.717, 1.165) is 25.1 Å². The Morgan fingerprint density at radius 3 is 2.72 bits per heavy atom. The van der Waals surface area contributed by atoms with Crippen molar-refractivity contribution in [1.82, 2.24) is 15.1 Å². The van der Waals surface area contributed by atoms with Crippen LogP contribution in [0.4, 0.5) is 0 Å². The predicted molar refractivity (Wildman–Crippen MR) is 93.5 cm³/mol. The molecule has 2 aromatic rings. The van der Waals surface area contributed by atoms with Crippen molar-refractivity contribution in [2.45, 2.75) is 38.9 Å². The Labute approximate surface area is 147 Å². The van der Waals surface area contributed by atoms with E-state index in [0.29, 0.717) is 18.2 Å². The number of amides is 1. The number of para-hydroxylation sites is 1. The molecule has 6 nitrogen and oxygen atoms in total. The fourth-order valence-corrected chi connectivity index (χ4v) is 2.87. The standard InChI is InChI=1S/C19H23N3O3/c1-14-10-11-18(21-20-14)25-17-9-6-12-22(13-17)19(23)15(2)24-16-7-4-3-5-8-16/h3-5,7-8,10-11,15,17H,6,9,12-13H2,1-2H3. The highest BCUT2D eigenvalue weighted by atomic mass is 16.5. The first kappa shape index (κ1) is 17.2. The van der Waals surface area contributed by atoms with Crippen LogP contribution in [0.5, 0.6) is 11.6 Å². The summed E-state index contributed by atoms with van der Waals surface area (Å²) < 4.78 is 11.6. The van der Waals surface area contributed by atoms with Gasteiger partial charge in [0.1, 0.15) is 11.9 Å². The molecule has 0 bridgehead atoms. The van der Waals surface area contributed by atoms with Crippen LogP contribution in [-0.4, -0.2) is 46.3 Å². The van der Waals surface area contributed by atoms with Gasteiger partial charge in [-0.15, -0.1) is 5.10 Å². The maximum absolute atomic E-state index is 12.7. The van der Waals surface area contributed by atoms with Gasteiger partial charge in [-0.25, -0.2) is 0 Å². The van der Waals surface area contributed by atoms with Crippen molar-refractivity contribution in [3.05, 3.63) is 48.2 Å². The van der Waals surface area contributed by atoms with Crippen molar-refractivity contribution in [3.63, 3.8) is 0 Å². The minimum Gasteiger partial charge on any atom is -0.481 e. The molecule has 3 rings (SSSR count). The summed E-state index contributed by atoms with van der Waals surface area (Å²) in [6, 6.07) is 13.1. The van der Waals surface area contributed by atoms with Gasteiger partial charge in [0.15, 0.2) is 6.10 Å². The number of hydrogen-bond acceptors (Lipinski definition) is 5. The summed E-state index contributed by atoms with van der Waals surface area (Å²) in [5, 5.41) is 8.03. The molecular formula is C19H23N3O3. The lowest BCUT2D eigenvalue weighted by molar-refractivity contribution is -0.140. The van der Waals surface area contributed by atoms with Gasteiger partial charge in [-0.2, -0.15) is 5.10 Å². The van der Waals surface area contributed by atoms with Gasteiger partial charge in [0.25, 0.3) is 5.91 Å². The van der Waals surface area contributed by atoms with Crippen LogP contribution in [-0.2, 0) is 4.79 Å². The summed E-state index contributed by atoms with van der Waals surface area (Å²) in [5.74, 6) is 1.17. The highest BCUT2D eigenvalue weighted by Gasteiger charge is 2.29. The summed E-state index contributed by atoms with van der Waals surface area (Å²) in [5.41, 5.74) is 0.847. The molecule has 1 fully saturated rings. The normalized spacial score (nSPS) is 18.5. The number of carbonyl (C=O) groups is 1. The molecule has 1 aliphatic heterocycles. The third kappa shape index (κ3) is 4.68. The number of benzene rings is 1. The van der Waals surface area contributed by atoms with Gasteiger partial charge in [-0.3, -0.25) is 4.79 Å². The lowest BCUT2D eigenvalue weighted by atomic mass is 10.1. The van der Waals surface area contributed by atoms with Gasteiger partial charge < -0.3 is 14.4 Å². The smallest absolute Gasteiger partial charge is 0.263 e. The second-order valence-electron chi connectivity index (χ2n) is 6.25. The number of piperidine rings is 1. The average Bonchev–Trinajstić information content (AvgIpc) is 2.64. The van der Waals surface area contributed by atoms with Crippen molar-refractivity contribution in [2.75, 3.05) is 13.1 Å². The molecule has 0 saturated carbocycles. The summed E-state index contributed by atoms with van der Waals surface area (Å²) in [6.45, 7) is 4.93. The second kappa shape index (κ2) is 7.96. The third-order valence-electron chi connectivity index (χ3n) is 4.15. The number of carbonyl (C=O) groups excluding carboxylic acids is 1. The fourth-order valence-electron chi connectivity index (χ4n) is 2.87. The second-order valence-corrected chi connectivity index (χ2v) is 6.25. The van der Waals surface area contributed by atoms with Gasteiger partial charge in [-0.05, 0) is 44.9 Å². The van der Waals surface area contributed by atoms with E-state index in [-0.39, 0.29) is 12.0 Å². The van der Waals surface area contributed by atoms with Crippen molar-refractivity contribution < 1.29 is 14.3 Å². The molecule has 1 amide bonds. The van der Waals surface area contributed by atoms with Crippen LogP contribution in [0.1, 0.15) is 25.5 Å². The molecule has 132 valence electrons. The van der Waals surface area contributed by atoms with Gasteiger partial charge in [0, 0.05) is 12.6 Å². The maximum Gasteiger partial charge on any atom is 0.263 e. The Morgan fingerprint density at radius 2 is 2.00 bits per heavy atom. The SMILES string of the molecule is Cc1ccc(OC2CCCN(C(=O)C(C)Oc3ccccc3)C2)nn1. The van der Waals surface area contributed by atoms with E-state index < -0.39 is 6.10 Å². The summed E-state index contributed by atoms with van der Waals surface area (Å²) in [6.07, 6.45) is 1.19. The summed E-state index contributed by atoms with van der Waals surface area (Å²) >= 11 is 0. The minimum atomic E-state index is -0.527. The molecule has 2 unspecified atom stereocenters.